The average molecular weight is 445 g/mol. The van der Waals surface area contributed by atoms with Crippen LogP contribution in [0.4, 0.5) is 4.39 Å². The van der Waals surface area contributed by atoms with Gasteiger partial charge in [0.1, 0.15) is 10.8 Å². The van der Waals surface area contributed by atoms with Crippen molar-refractivity contribution in [2.24, 2.45) is 0 Å². The first-order valence-corrected chi connectivity index (χ1v) is 11.8. The van der Waals surface area contributed by atoms with E-state index in [-0.39, 0.29) is 17.2 Å². The molecule has 1 amide bonds. The molecule has 0 fully saturated rings. The van der Waals surface area contributed by atoms with Gasteiger partial charge in [0.15, 0.2) is 9.84 Å². The lowest BCUT2D eigenvalue weighted by molar-refractivity contribution is 0.0947. The second kappa shape index (κ2) is 9.86. The third kappa shape index (κ3) is 5.25. The number of carbonyl (C=O) groups is 1. The van der Waals surface area contributed by atoms with Gasteiger partial charge in [0.05, 0.1) is 15.7 Å². The van der Waals surface area contributed by atoms with Crippen molar-refractivity contribution in [2.75, 3.05) is 5.75 Å². The molecule has 3 rings (SSSR count). The first-order chi connectivity index (χ1) is 14.4. The van der Waals surface area contributed by atoms with Crippen molar-refractivity contribution in [2.45, 2.75) is 28.6 Å². The van der Waals surface area contributed by atoms with Gasteiger partial charge in [0.2, 0.25) is 0 Å². The van der Waals surface area contributed by atoms with E-state index in [1.807, 2.05) is 0 Å². The maximum Gasteiger partial charge on any atom is 0.254 e. The standard InChI is InChI=1S/C22H21FN2O3S2/c1-16(30(27,28)18-9-3-2-4-10-18)15-29-22-19(11-7-13-24-22)21(26)25-14-17-8-5-6-12-20(17)23/h2-13,16H,14-15H2,1H3,(H,25,26). The summed E-state index contributed by atoms with van der Waals surface area (Å²) in [6.07, 6.45) is 1.55. The van der Waals surface area contributed by atoms with Gasteiger partial charge in [0.25, 0.3) is 5.91 Å². The first kappa shape index (κ1) is 22.0. The summed E-state index contributed by atoms with van der Waals surface area (Å²) in [5, 5.41) is 2.45. The highest BCUT2D eigenvalue weighted by Gasteiger charge is 2.24. The molecule has 8 heteroatoms. The summed E-state index contributed by atoms with van der Waals surface area (Å²) in [5.41, 5.74) is 0.703. The molecule has 1 aromatic heterocycles. The number of aromatic nitrogens is 1. The Kier molecular flexibility index (Phi) is 7.23. The molecule has 0 aliphatic heterocycles. The Labute approximate surface area is 179 Å². The van der Waals surface area contributed by atoms with Crippen molar-refractivity contribution in [1.82, 2.24) is 10.3 Å². The molecule has 156 valence electrons. The molecule has 1 heterocycles. The van der Waals surface area contributed by atoms with E-state index in [2.05, 4.69) is 10.3 Å². The Hall–Kier alpha value is -2.71. The van der Waals surface area contributed by atoms with Gasteiger partial charge in [0, 0.05) is 24.1 Å². The third-order valence-corrected chi connectivity index (χ3v) is 8.10. The number of hydrogen-bond acceptors (Lipinski definition) is 5. The Morgan fingerprint density at radius 1 is 1.07 bits per heavy atom. The predicted molar refractivity (Wildman–Crippen MR) is 116 cm³/mol. The van der Waals surface area contributed by atoms with Crippen LogP contribution in [0.2, 0.25) is 0 Å². The van der Waals surface area contributed by atoms with Crippen LogP contribution in [-0.2, 0) is 16.4 Å². The highest BCUT2D eigenvalue weighted by Crippen LogP contribution is 2.25. The molecule has 1 atom stereocenters. The summed E-state index contributed by atoms with van der Waals surface area (Å²) < 4.78 is 39.2. The molecule has 30 heavy (non-hydrogen) atoms. The van der Waals surface area contributed by atoms with Crippen LogP contribution in [0.5, 0.6) is 0 Å². The van der Waals surface area contributed by atoms with Crippen molar-refractivity contribution in [1.29, 1.82) is 0 Å². The van der Waals surface area contributed by atoms with Crippen molar-refractivity contribution in [3.8, 4) is 0 Å². The normalized spacial score (nSPS) is 12.3. The molecule has 0 bridgehead atoms. The van der Waals surface area contributed by atoms with Gasteiger partial charge in [-0.1, -0.05) is 36.4 Å². The van der Waals surface area contributed by atoms with Crippen LogP contribution in [0.3, 0.4) is 0 Å². The van der Waals surface area contributed by atoms with E-state index >= 15 is 0 Å². The number of rotatable bonds is 8. The van der Waals surface area contributed by atoms with E-state index in [1.165, 1.54) is 17.8 Å². The quantitative estimate of drug-likeness (QED) is 0.529. The summed E-state index contributed by atoms with van der Waals surface area (Å²) >= 11 is 1.20. The zero-order valence-electron chi connectivity index (χ0n) is 16.3. The second-order valence-electron chi connectivity index (χ2n) is 6.61. The smallest absolute Gasteiger partial charge is 0.254 e. The van der Waals surface area contributed by atoms with Gasteiger partial charge < -0.3 is 5.32 Å². The highest BCUT2D eigenvalue weighted by molar-refractivity contribution is 8.00. The number of amides is 1. The van der Waals surface area contributed by atoms with Crippen LogP contribution in [-0.4, -0.2) is 30.3 Å². The number of nitrogens with one attached hydrogen (secondary N) is 1. The van der Waals surface area contributed by atoms with Crippen LogP contribution >= 0.6 is 11.8 Å². The van der Waals surface area contributed by atoms with E-state index in [0.29, 0.717) is 16.2 Å². The highest BCUT2D eigenvalue weighted by atomic mass is 32.2. The number of halogens is 1. The van der Waals surface area contributed by atoms with Gasteiger partial charge in [-0.3, -0.25) is 4.79 Å². The summed E-state index contributed by atoms with van der Waals surface area (Å²) in [6, 6.07) is 17.7. The minimum absolute atomic E-state index is 0.0449. The topological polar surface area (TPSA) is 76.1 Å². The molecule has 5 nitrogen and oxygen atoms in total. The molecule has 0 aliphatic carbocycles. The molecule has 3 aromatic rings. The number of carbonyl (C=O) groups excluding carboxylic acids is 1. The second-order valence-corrected chi connectivity index (χ2v) is 9.98. The van der Waals surface area contributed by atoms with E-state index in [4.69, 9.17) is 0 Å². The Bertz CT molecular complexity index is 1120. The van der Waals surface area contributed by atoms with Crippen LogP contribution < -0.4 is 5.32 Å². The number of sulfone groups is 1. The number of nitrogens with zero attached hydrogens (tertiary/aromatic N) is 1. The van der Waals surface area contributed by atoms with Crippen LogP contribution in [0, 0.1) is 5.82 Å². The van der Waals surface area contributed by atoms with Gasteiger partial charge >= 0.3 is 0 Å². The fraction of sp³-hybridized carbons (Fsp3) is 0.182. The predicted octanol–water partition coefficient (Wildman–Crippen LogP) is 4.11. The van der Waals surface area contributed by atoms with Gasteiger partial charge in [-0.05, 0) is 37.3 Å². The SMILES string of the molecule is CC(CSc1ncccc1C(=O)NCc1ccccc1F)S(=O)(=O)c1ccccc1. The number of benzene rings is 2. The summed E-state index contributed by atoms with van der Waals surface area (Å²) in [7, 11) is -3.48. The van der Waals surface area contributed by atoms with E-state index in [0.717, 1.165) is 0 Å². The van der Waals surface area contributed by atoms with Gasteiger partial charge in [-0.2, -0.15) is 0 Å². The Balaban J connectivity index is 1.68. The molecule has 0 saturated heterocycles. The number of thioether (sulfide) groups is 1. The number of hydrogen-bond donors (Lipinski definition) is 1. The first-order valence-electron chi connectivity index (χ1n) is 9.28. The van der Waals surface area contributed by atoms with Gasteiger partial charge in [-0.15, -0.1) is 11.8 Å². The molecule has 1 unspecified atom stereocenters. The lowest BCUT2D eigenvalue weighted by Gasteiger charge is -2.14. The minimum atomic E-state index is -3.48. The van der Waals surface area contributed by atoms with Gasteiger partial charge in [-0.25, -0.2) is 17.8 Å². The molecule has 1 N–H and O–H groups in total. The van der Waals surface area contributed by atoms with Crippen LogP contribution in [0.1, 0.15) is 22.8 Å². The fourth-order valence-electron chi connectivity index (χ4n) is 2.72. The van der Waals surface area contributed by atoms with Crippen molar-refractivity contribution in [3.63, 3.8) is 0 Å². The maximum atomic E-state index is 13.8. The zero-order chi connectivity index (χ0) is 21.6. The van der Waals surface area contributed by atoms with E-state index < -0.39 is 26.8 Å². The monoisotopic (exact) mass is 444 g/mol. The lowest BCUT2D eigenvalue weighted by Crippen LogP contribution is -2.24. The minimum Gasteiger partial charge on any atom is -0.348 e. The largest absolute Gasteiger partial charge is 0.348 e. The van der Waals surface area contributed by atoms with Crippen molar-refractivity contribution >= 4 is 27.5 Å². The van der Waals surface area contributed by atoms with E-state index in [1.54, 1.807) is 73.8 Å². The molecule has 0 spiro atoms. The average Bonchev–Trinajstić information content (AvgIpc) is 2.77. The zero-order valence-corrected chi connectivity index (χ0v) is 17.9. The Morgan fingerprint density at radius 2 is 1.77 bits per heavy atom. The third-order valence-electron chi connectivity index (χ3n) is 4.47. The molecule has 0 aliphatic rings. The molecule has 0 saturated carbocycles. The summed E-state index contributed by atoms with van der Waals surface area (Å²) in [6.45, 7) is 1.68. The van der Waals surface area contributed by atoms with Crippen LogP contribution in [0.15, 0.2) is 82.8 Å². The maximum absolute atomic E-state index is 13.8. The molecular formula is C22H21FN2O3S2. The Morgan fingerprint density at radius 3 is 2.50 bits per heavy atom. The van der Waals surface area contributed by atoms with Crippen LogP contribution in [0.25, 0.3) is 0 Å². The lowest BCUT2D eigenvalue weighted by atomic mass is 10.2. The summed E-state index contributed by atoms with van der Waals surface area (Å²) in [5.74, 6) is -0.548. The van der Waals surface area contributed by atoms with E-state index in [9.17, 15) is 17.6 Å². The number of pyridine rings is 1. The van der Waals surface area contributed by atoms with Crippen molar-refractivity contribution in [3.05, 3.63) is 89.9 Å². The fourth-order valence-corrected chi connectivity index (χ4v) is 5.49. The summed E-state index contributed by atoms with van der Waals surface area (Å²) in [4.78, 5) is 17.1. The van der Waals surface area contributed by atoms with Crippen molar-refractivity contribution < 1.29 is 17.6 Å². The molecule has 2 aromatic carbocycles. The molecule has 0 radical (unpaired) electrons. The molecular weight excluding hydrogens is 423 g/mol.